The summed E-state index contributed by atoms with van der Waals surface area (Å²) in [5, 5.41) is 3.09. The zero-order chi connectivity index (χ0) is 19.1. The van der Waals surface area contributed by atoms with Gasteiger partial charge in [0.1, 0.15) is 11.8 Å². The lowest BCUT2D eigenvalue weighted by atomic mass is 10.0. The fourth-order valence-electron chi connectivity index (χ4n) is 3.30. The van der Waals surface area contributed by atoms with Gasteiger partial charge in [0.25, 0.3) is 0 Å². The zero-order valence-electron chi connectivity index (χ0n) is 16.1. The Balaban J connectivity index is 1.59. The molecule has 0 saturated carbocycles. The Morgan fingerprint density at radius 2 is 1.89 bits per heavy atom. The summed E-state index contributed by atoms with van der Waals surface area (Å²) in [6.07, 6.45) is 2.82. The summed E-state index contributed by atoms with van der Waals surface area (Å²) in [5.74, 6) is 0.898. The molecule has 1 aliphatic rings. The van der Waals surface area contributed by atoms with Crippen LogP contribution in [0.15, 0.2) is 54.6 Å². The number of nitrogens with one attached hydrogen (secondary N) is 3. The first kappa shape index (κ1) is 19.4. The average Bonchev–Trinajstić information content (AvgIpc) is 3.19. The molecule has 0 bridgehead atoms. The minimum absolute atomic E-state index is 0.00531. The first-order valence-corrected chi connectivity index (χ1v) is 9.77. The number of ether oxygens (including phenoxy) is 1. The number of hydrazine groups is 1. The van der Waals surface area contributed by atoms with E-state index >= 15 is 0 Å². The summed E-state index contributed by atoms with van der Waals surface area (Å²) < 4.78 is 5.94. The van der Waals surface area contributed by atoms with Gasteiger partial charge in [-0.15, -0.1) is 0 Å². The summed E-state index contributed by atoms with van der Waals surface area (Å²) in [4.78, 5) is 12.7. The van der Waals surface area contributed by atoms with E-state index in [-0.39, 0.29) is 24.0 Å². The molecule has 0 spiro atoms. The minimum Gasteiger partial charge on any atom is -0.493 e. The summed E-state index contributed by atoms with van der Waals surface area (Å²) in [7, 11) is 0. The van der Waals surface area contributed by atoms with Crippen LogP contribution in [0.1, 0.15) is 56.3 Å². The van der Waals surface area contributed by atoms with E-state index < -0.39 is 0 Å². The number of benzene rings is 2. The Kier molecular flexibility index (Phi) is 6.85. The standard InChI is InChI=1S/C22H29N3O2/c1-3-4-14-27-21-13-9-8-12-18(21)19-15-20(25-24-19)22(26)23-16(2)17-10-6-5-7-11-17/h5-13,16,19-20,24-25H,3-4,14-15H2,1-2H3,(H,23,26). The molecule has 3 atom stereocenters. The molecule has 0 radical (unpaired) electrons. The molecular formula is C22H29N3O2. The topological polar surface area (TPSA) is 62.4 Å². The Morgan fingerprint density at radius 1 is 1.15 bits per heavy atom. The summed E-state index contributed by atoms with van der Waals surface area (Å²) in [6, 6.07) is 17.8. The highest BCUT2D eigenvalue weighted by Gasteiger charge is 2.32. The molecule has 2 aromatic carbocycles. The monoisotopic (exact) mass is 367 g/mol. The molecule has 1 heterocycles. The third-order valence-electron chi connectivity index (χ3n) is 4.93. The van der Waals surface area contributed by atoms with E-state index in [4.69, 9.17) is 4.74 Å². The van der Waals surface area contributed by atoms with Gasteiger partial charge in [0, 0.05) is 5.56 Å². The molecule has 5 heteroatoms. The third kappa shape index (κ3) is 5.08. The predicted octanol–water partition coefficient (Wildman–Crippen LogP) is 3.65. The lowest BCUT2D eigenvalue weighted by molar-refractivity contribution is -0.123. The largest absolute Gasteiger partial charge is 0.493 e. The van der Waals surface area contributed by atoms with Gasteiger partial charge in [-0.2, -0.15) is 0 Å². The van der Waals surface area contributed by atoms with E-state index in [9.17, 15) is 4.79 Å². The van der Waals surface area contributed by atoms with Crippen LogP contribution < -0.4 is 20.9 Å². The smallest absolute Gasteiger partial charge is 0.239 e. The molecule has 1 saturated heterocycles. The molecule has 1 amide bonds. The molecule has 0 aromatic heterocycles. The van der Waals surface area contributed by atoms with Crippen molar-refractivity contribution < 1.29 is 9.53 Å². The van der Waals surface area contributed by atoms with E-state index in [1.807, 2.05) is 55.5 Å². The van der Waals surface area contributed by atoms with Crippen LogP contribution in [0.3, 0.4) is 0 Å². The second-order valence-electron chi connectivity index (χ2n) is 7.01. The van der Waals surface area contributed by atoms with Gasteiger partial charge in [-0.25, -0.2) is 10.9 Å². The quantitative estimate of drug-likeness (QED) is 0.623. The van der Waals surface area contributed by atoms with Gasteiger partial charge in [-0.1, -0.05) is 61.9 Å². The van der Waals surface area contributed by atoms with Crippen molar-refractivity contribution in [1.82, 2.24) is 16.2 Å². The molecule has 0 aliphatic carbocycles. The van der Waals surface area contributed by atoms with E-state index in [2.05, 4.69) is 29.2 Å². The number of carbonyl (C=O) groups excluding carboxylic acids is 1. The molecule has 3 rings (SSSR count). The maximum Gasteiger partial charge on any atom is 0.239 e. The van der Waals surface area contributed by atoms with Crippen molar-refractivity contribution in [2.75, 3.05) is 6.61 Å². The van der Waals surface area contributed by atoms with E-state index in [1.54, 1.807) is 0 Å². The number of amides is 1. The predicted molar refractivity (Wildman–Crippen MR) is 107 cm³/mol. The second kappa shape index (κ2) is 9.53. The van der Waals surface area contributed by atoms with Crippen molar-refractivity contribution in [1.29, 1.82) is 0 Å². The van der Waals surface area contributed by atoms with E-state index in [1.165, 1.54) is 0 Å². The van der Waals surface area contributed by atoms with Crippen molar-refractivity contribution in [3.05, 3.63) is 65.7 Å². The maximum absolute atomic E-state index is 12.7. The van der Waals surface area contributed by atoms with Crippen LogP contribution in [0.2, 0.25) is 0 Å². The summed E-state index contributed by atoms with van der Waals surface area (Å²) in [5.41, 5.74) is 8.59. The second-order valence-corrected chi connectivity index (χ2v) is 7.01. The van der Waals surface area contributed by atoms with Gasteiger partial charge in [0.2, 0.25) is 5.91 Å². The van der Waals surface area contributed by atoms with Gasteiger partial charge in [-0.05, 0) is 31.4 Å². The fraction of sp³-hybridized carbons (Fsp3) is 0.409. The van der Waals surface area contributed by atoms with Gasteiger partial charge >= 0.3 is 0 Å². The Hall–Kier alpha value is -2.37. The van der Waals surface area contributed by atoms with Crippen LogP contribution in [0.25, 0.3) is 0 Å². The van der Waals surface area contributed by atoms with Crippen molar-refractivity contribution in [2.45, 2.75) is 51.2 Å². The number of rotatable bonds is 8. The number of unbranched alkanes of at least 4 members (excludes halogenated alkanes) is 1. The Bertz CT molecular complexity index is 735. The van der Waals surface area contributed by atoms with Crippen molar-refractivity contribution in [3.8, 4) is 5.75 Å². The van der Waals surface area contributed by atoms with Crippen molar-refractivity contribution >= 4 is 5.91 Å². The maximum atomic E-state index is 12.7. The number of para-hydroxylation sites is 1. The number of hydrogen-bond acceptors (Lipinski definition) is 4. The number of hydrogen-bond donors (Lipinski definition) is 3. The SMILES string of the molecule is CCCCOc1ccccc1C1CC(C(=O)NC(C)c2ccccc2)NN1. The molecule has 5 nitrogen and oxygen atoms in total. The van der Waals surface area contributed by atoms with Gasteiger partial charge in [-0.3, -0.25) is 4.79 Å². The van der Waals surface area contributed by atoms with Crippen LogP contribution in [-0.2, 0) is 4.79 Å². The molecule has 1 fully saturated rings. The summed E-state index contributed by atoms with van der Waals surface area (Å²) >= 11 is 0. The van der Waals surface area contributed by atoms with Crippen LogP contribution in [0.4, 0.5) is 0 Å². The Morgan fingerprint density at radius 3 is 2.67 bits per heavy atom. The van der Waals surface area contributed by atoms with E-state index in [0.29, 0.717) is 13.0 Å². The Labute approximate surface area is 161 Å². The molecule has 2 aromatic rings. The molecule has 1 aliphatic heterocycles. The summed E-state index contributed by atoms with van der Waals surface area (Å²) in [6.45, 7) is 4.87. The lowest BCUT2D eigenvalue weighted by Gasteiger charge is -2.17. The highest BCUT2D eigenvalue weighted by atomic mass is 16.5. The van der Waals surface area contributed by atoms with Crippen molar-refractivity contribution in [2.24, 2.45) is 0 Å². The van der Waals surface area contributed by atoms with Gasteiger partial charge in [0.15, 0.2) is 0 Å². The molecule has 144 valence electrons. The molecular weight excluding hydrogens is 338 g/mol. The van der Waals surface area contributed by atoms with Crippen LogP contribution in [-0.4, -0.2) is 18.6 Å². The highest BCUT2D eigenvalue weighted by molar-refractivity contribution is 5.82. The fourth-order valence-corrected chi connectivity index (χ4v) is 3.30. The van der Waals surface area contributed by atoms with Crippen LogP contribution >= 0.6 is 0 Å². The van der Waals surface area contributed by atoms with Gasteiger partial charge < -0.3 is 10.1 Å². The minimum atomic E-state index is -0.273. The van der Waals surface area contributed by atoms with Crippen molar-refractivity contribution in [3.63, 3.8) is 0 Å². The third-order valence-corrected chi connectivity index (χ3v) is 4.93. The molecule has 27 heavy (non-hydrogen) atoms. The highest BCUT2D eigenvalue weighted by Crippen LogP contribution is 2.30. The average molecular weight is 367 g/mol. The van der Waals surface area contributed by atoms with E-state index in [0.717, 1.165) is 29.7 Å². The van der Waals surface area contributed by atoms with Gasteiger partial charge in [0.05, 0.1) is 18.7 Å². The van der Waals surface area contributed by atoms with Crippen LogP contribution in [0.5, 0.6) is 5.75 Å². The first-order chi connectivity index (χ1) is 13.2. The van der Waals surface area contributed by atoms with Crippen LogP contribution in [0, 0.1) is 0 Å². The normalized spacial score (nSPS) is 20.2. The zero-order valence-corrected chi connectivity index (χ0v) is 16.1. The molecule has 3 N–H and O–H groups in total. The first-order valence-electron chi connectivity index (χ1n) is 9.77. The number of carbonyl (C=O) groups is 1. The lowest BCUT2D eigenvalue weighted by Crippen LogP contribution is -2.43. The molecule has 3 unspecified atom stereocenters.